The number of nitrogens with zero attached hydrogens (tertiary/aromatic N) is 1. The maximum absolute atomic E-state index is 11.6. The monoisotopic (exact) mass is 270 g/mol. The van der Waals surface area contributed by atoms with Crippen LogP contribution in [0.4, 0.5) is 0 Å². The first-order chi connectivity index (χ1) is 8.67. The van der Waals surface area contributed by atoms with Crippen molar-refractivity contribution in [1.82, 2.24) is 15.6 Å². The molecule has 1 aromatic rings. The van der Waals surface area contributed by atoms with Crippen LogP contribution in [0.1, 0.15) is 35.3 Å². The van der Waals surface area contributed by atoms with Gasteiger partial charge in [0.15, 0.2) is 0 Å². The van der Waals surface area contributed by atoms with Crippen LogP contribution in [0, 0.1) is 0 Å². The van der Waals surface area contributed by atoms with Gasteiger partial charge in [0.05, 0.1) is 0 Å². The van der Waals surface area contributed by atoms with E-state index in [1.165, 1.54) is 11.3 Å². The van der Waals surface area contributed by atoms with E-state index in [-0.39, 0.29) is 18.2 Å². The van der Waals surface area contributed by atoms with Crippen LogP contribution in [0.2, 0.25) is 0 Å². The Morgan fingerprint density at radius 1 is 1.39 bits per heavy atom. The van der Waals surface area contributed by atoms with Crippen molar-refractivity contribution in [2.24, 2.45) is 5.73 Å². The van der Waals surface area contributed by atoms with Gasteiger partial charge in [-0.05, 0) is 6.42 Å². The molecule has 0 saturated heterocycles. The number of amides is 2. The van der Waals surface area contributed by atoms with Crippen LogP contribution < -0.4 is 16.4 Å². The summed E-state index contributed by atoms with van der Waals surface area (Å²) in [5.74, 6) is -0.327. The van der Waals surface area contributed by atoms with Gasteiger partial charge in [-0.25, -0.2) is 4.98 Å². The number of aromatic nitrogens is 1. The molecule has 18 heavy (non-hydrogen) atoms. The van der Waals surface area contributed by atoms with Crippen LogP contribution in [0.3, 0.4) is 0 Å². The molecule has 0 aliphatic heterocycles. The summed E-state index contributed by atoms with van der Waals surface area (Å²) in [4.78, 5) is 27.0. The van der Waals surface area contributed by atoms with Crippen molar-refractivity contribution < 1.29 is 9.59 Å². The largest absolute Gasteiger partial charge is 0.356 e. The SMILES string of the molecule is CCCNC(=O)CCNC(=O)c1csc(CN)n1. The molecular formula is C11H18N4O2S. The summed E-state index contributed by atoms with van der Waals surface area (Å²) in [7, 11) is 0. The van der Waals surface area contributed by atoms with Gasteiger partial charge in [-0.2, -0.15) is 0 Å². The van der Waals surface area contributed by atoms with Crippen LogP contribution in [0.25, 0.3) is 0 Å². The Labute approximate surface area is 110 Å². The normalized spacial score (nSPS) is 10.1. The number of carbonyl (C=O) groups excluding carboxylic acids is 2. The Bertz CT molecular complexity index is 406. The highest BCUT2D eigenvalue weighted by Gasteiger charge is 2.10. The van der Waals surface area contributed by atoms with Crippen LogP contribution in [-0.4, -0.2) is 29.9 Å². The van der Waals surface area contributed by atoms with Crippen molar-refractivity contribution >= 4 is 23.2 Å². The molecule has 0 aliphatic carbocycles. The van der Waals surface area contributed by atoms with E-state index < -0.39 is 0 Å². The Morgan fingerprint density at radius 2 is 2.17 bits per heavy atom. The summed E-state index contributed by atoms with van der Waals surface area (Å²) in [6, 6.07) is 0. The molecule has 1 heterocycles. The Morgan fingerprint density at radius 3 is 2.78 bits per heavy atom. The fraction of sp³-hybridized carbons (Fsp3) is 0.545. The van der Waals surface area contributed by atoms with Crippen molar-refractivity contribution in [2.45, 2.75) is 26.3 Å². The number of hydrogen-bond donors (Lipinski definition) is 3. The molecule has 1 aromatic heterocycles. The summed E-state index contributed by atoms with van der Waals surface area (Å²) in [5.41, 5.74) is 5.77. The highest BCUT2D eigenvalue weighted by molar-refractivity contribution is 7.09. The summed E-state index contributed by atoms with van der Waals surface area (Å²) < 4.78 is 0. The third-order valence-electron chi connectivity index (χ3n) is 2.17. The summed E-state index contributed by atoms with van der Waals surface area (Å²) in [5, 5.41) is 7.77. The first-order valence-electron chi connectivity index (χ1n) is 5.86. The van der Waals surface area contributed by atoms with Gasteiger partial charge in [0.1, 0.15) is 10.7 Å². The minimum Gasteiger partial charge on any atom is -0.356 e. The summed E-state index contributed by atoms with van der Waals surface area (Å²) >= 11 is 1.35. The zero-order valence-corrected chi connectivity index (χ0v) is 11.2. The van der Waals surface area contributed by atoms with Gasteiger partial charge in [0.25, 0.3) is 5.91 Å². The maximum Gasteiger partial charge on any atom is 0.270 e. The number of thiazole rings is 1. The second-order valence-corrected chi connectivity index (χ2v) is 4.63. The van der Waals surface area contributed by atoms with Crippen LogP contribution in [0.15, 0.2) is 5.38 Å². The van der Waals surface area contributed by atoms with E-state index in [0.29, 0.717) is 25.3 Å². The standard InChI is InChI=1S/C11H18N4O2S/c1-2-4-13-9(16)3-5-14-11(17)8-7-18-10(6-12)15-8/h7H,2-6,12H2,1H3,(H,13,16)(H,14,17). The third kappa shape index (κ3) is 4.80. The van der Waals surface area contributed by atoms with E-state index in [2.05, 4.69) is 15.6 Å². The van der Waals surface area contributed by atoms with E-state index in [4.69, 9.17) is 5.73 Å². The number of hydrogen-bond acceptors (Lipinski definition) is 5. The molecule has 1 rings (SSSR count). The second-order valence-electron chi connectivity index (χ2n) is 3.69. The molecule has 0 atom stereocenters. The minimum atomic E-state index is -0.269. The minimum absolute atomic E-state index is 0.0573. The molecule has 0 radical (unpaired) electrons. The lowest BCUT2D eigenvalue weighted by Gasteiger charge is -2.04. The predicted octanol–water partition coefficient (Wildman–Crippen LogP) is 0.248. The van der Waals surface area contributed by atoms with E-state index in [9.17, 15) is 9.59 Å². The average Bonchev–Trinajstić information content (AvgIpc) is 2.85. The first-order valence-corrected chi connectivity index (χ1v) is 6.74. The number of carbonyl (C=O) groups is 2. The number of nitrogens with one attached hydrogen (secondary N) is 2. The highest BCUT2D eigenvalue weighted by Crippen LogP contribution is 2.08. The van der Waals surface area contributed by atoms with Gasteiger partial charge in [0, 0.05) is 31.4 Å². The summed E-state index contributed by atoms with van der Waals surface area (Å²) in [6.07, 6.45) is 1.18. The van der Waals surface area contributed by atoms with Crippen LogP contribution in [-0.2, 0) is 11.3 Å². The molecule has 7 heteroatoms. The average molecular weight is 270 g/mol. The lowest BCUT2D eigenvalue weighted by atomic mass is 10.3. The summed E-state index contributed by atoms with van der Waals surface area (Å²) in [6.45, 7) is 3.29. The van der Waals surface area contributed by atoms with Gasteiger partial charge in [0.2, 0.25) is 5.91 Å². The second kappa shape index (κ2) is 7.78. The molecular weight excluding hydrogens is 252 g/mol. The first kappa shape index (κ1) is 14.6. The number of nitrogens with two attached hydrogens (primary N) is 1. The molecule has 0 unspecified atom stereocenters. The van der Waals surface area contributed by atoms with Crippen LogP contribution in [0.5, 0.6) is 0 Å². The molecule has 6 nitrogen and oxygen atoms in total. The third-order valence-corrected chi connectivity index (χ3v) is 3.04. The lowest BCUT2D eigenvalue weighted by molar-refractivity contribution is -0.120. The fourth-order valence-electron chi connectivity index (χ4n) is 1.24. The van der Waals surface area contributed by atoms with Crippen molar-refractivity contribution in [1.29, 1.82) is 0 Å². The van der Waals surface area contributed by atoms with Crippen molar-refractivity contribution in [3.05, 3.63) is 16.1 Å². The van der Waals surface area contributed by atoms with Gasteiger partial charge < -0.3 is 16.4 Å². The zero-order chi connectivity index (χ0) is 13.4. The van der Waals surface area contributed by atoms with Crippen LogP contribution >= 0.6 is 11.3 Å². The molecule has 0 aromatic carbocycles. The molecule has 0 bridgehead atoms. The maximum atomic E-state index is 11.6. The van der Waals surface area contributed by atoms with E-state index in [0.717, 1.165) is 11.4 Å². The van der Waals surface area contributed by atoms with Crippen molar-refractivity contribution in [3.8, 4) is 0 Å². The zero-order valence-electron chi connectivity index (χ0n) is 10.4. The molecule has 0 fully saturated rings. The fourth-order valence-corrected chi connectivity index (χ4v) is 1.90. The van der Waals surface area contributed by atoms with E-state index >= 15 is 0 Å². The Hall–Kier alpha value is -1.47. The van der Waals surface area contributed by atoms with E-state index in [1.807, 2.05) is 6.92 Å². The van der Waals surface area contributed by atoms with E-state index in [1.54, 1.807) is 5.38 Å². The van der Waals surface area contributed by atoms with Crippen molar-refractivity contribution in [3.63, 3.8) is 0 Å². The molecule has 0 aliphatic rings. The van der Waals surface area contributed by atoms with Gasteiger partial charge >= 0.3 is 0 Å². The molecule has 0 saturated carbocycles. The Kier molecular flexibility index (Phi) is 6.31. The number of rotatable bonds is 7. The smallest absolute Gasteiger partial charge is 0.270 e. The quantitative estimate of drug-likeness (QED) is 0.661. The van der Waals surface area contributed by atoms with Gasteiger partial charge in [-0.1, -0.05) is 6.92 Å². The van der Waals surface area contributed by atoms with Gasteiger partial charge in [-0.3, -0.25) is 9.59 Å². The molecule has 100 valence electrons. The predicted molar refractivity (Wildman–Crippen MR) is 70.3 cm³/mol. The molecule has 4 N–H and O–H groups in total. The molecule has 0 spiro atoms. The topological polar surface area (TPSA) is 97.1 Å². The molecule has 2 amide bonds. The Balaban J connectivity index is 2.26. The lowest BCUT2D eigenvalue weighted by Crippen LogP contribution is -2.31. The van der Waals surface area contributed by atoms with Crippen molar-refractivity contribution in [2.75, 3.05) is 13.1 Å². The van der Waals surface area contributed by atoms with Gasteiger partial charge in [-0.15, -0.1) is 11.3 Å². The highest BCUT2D eigenvalue weighted by atomic mass is 32.1.